The zero-order chi connectivity index (χ0) is 13.7. The lowest BCUT2D eigenvalue weighted by Crippen LogP contribution is -2.28. The normalized spacial score (nSPS) is 18.7. The Kier molecular flexibility index (Phi) is 4.99. The van der Waals surface area contributed by atoms with Crippen molar-refractivity contribution >= 4 is 5.78 Å². The standard InChI is InChI=1S/C14H17F2NO2/c15-12-4-3-10(8-13(12)16)14(18)5-6-17-9-11-2-1-7-19-11/h3-4,8,11,17H,1-2,5-7,9H2. The van der Waals surface area contributed by atoms with E-state index in [1.54, 1.807) is 0 Å². The van der Waals surface area contributed by atoms with Gasteiger partial charge in [-0.05, 0) is 31.0 Å². The highest BCUT2D eigenvalue weighted by Gasteiger charge is 2.15. The zero-order valence-electron chi connectivity index (χ0n) is 10.6. The molecule has 19 heavy (non-hydrogen) atoms. The second kappa shape index (κ2) is 6.73. The van der Waals surface area contributed by atoms with Gasteiger partial charge in [0.25, 0.3) is 0 Å². The number of benzene rings is 1. The fourth-order valence-electron chi connectivity index (χ4n) is 2.08. The van der Waals surface area contributed by atoms with E-state index < -0.39 is 11.6 Å². The van der Waals surface area contributed by atoms with Crippen LogP contribution in [-0.2, 0) is 4.74 Å². The van der Waals surface area contributed by atoms with Crippen LogP contribution in [0.15, 0.2) is 18.2 Å². The lowest BCUT2D eigenvalue weighted by atomic mass is 10.1. The molecule has 1 N–H and O–H groups in total. The third-order valence-electron chi connectivity index (χ3n) is 3.17. The van der Waals surface area contributed by atoms with Crippen LogP contribution < -0.4 is 5.32 Å². The first-order valence-corrected chi connectivity index (χ1v) is 6.47. The summed E-state index contributed by atoms with van der Waals surface area (Å²) in [5, 5.41) is 3.14. The number of halogens is 2. The Morgan fingerprint density at radius 1 is 1.37 bits per heavy atom. The van der Waals surface area contributed by atoms with Crippen molar-refractivity contribution in [3.63, 3.8) is 0 Å². The topological polar surface area (TPSA) is 38.3 Å². The molecular formula is C14H17F2NO2. The van der Waals surface area contributed by atoms with Gasteiger partial charge < -0.3 is 10.1 Å². The quantitative estimate of drug-likeness (QED) is 0.636. The lowest BCUT2D eigenvalue weighted by Gasteiger charge is -2.10. The highest BCUT2D eigenvalue weighted by Crippen LogP contribution is 2.11. The maximum absolute atomic E-state index is 13.0. The number of carbonyl (C=O) groups is 1. The van der Waals surface area contributed by atoms with Crippen molar-refractivity contribution in [3.05, 3.63) is 35.4 Å². The van der Waals surface area contributed by atoms with Gasteiger partial charge in [0.2, 0.25) is 0 Å². The van der Waals surface area contributed by atoms with E-state index in [4.69, 9.17) is 4.74 Å². The first-order chi connectivity index (χ1) is 9.16. The molecule has 0 amide bonds. The van der Waals surface area contributed by atoms with Crippen molar-refractivity contribution in [1.29, 1.82) is 0 Å². The van der Waals surface area contributed by atoms with E-state index in [0.29, 0.717) is 6.54 Å². The minimum absolute atomic E-state index is 0.196. The Morgan fingerprint density at radius 3 is 2.89 bits per heavy atom. The molecule has 1 aliphatic rings. The molecule has 0 saturated carbocycles. The van der Waals surface area contributed by atoms with Gasteiger partial charge in [-0.3, -0.25) is 4.79 Å². The summed E-state index contributed by atoms with van der Waals surface area (Å²) >= 11 is 0. The fourth-order valence-corrected chi connectivity index (χ4v) is 2.08. The van der Waals surface area contributed by atoms with Crippen molar-refractivity contribution in [2.24, 2.45) is 0 Å². The molecule has 1 unspecified atom stereocenters. The molecule has 3 nitrogen and oxygen atoms in total. The molecule has 2 rings (SSSR count). The number of ketones is 1. The molecule has 1 heterocycles. The summed E-state index contributed by atoms with van der Waals surface area (Å²) < 4.78 is 31.1. The van der Waals surface area contributed by atoms with Crippen LogP contribution in [0.5, 0.6) is 0 Å². The molecular weight excluding hydrogens is 252 g/mol. The molecule has 1 aromatic rings. The summed E-state index contributed by atoms with van der Waals surface area (Å²) in [6, 6.07) is 3.22. The molecule has 0 aliphatic carbocycles. The number of carbonyl (C=O) groups excluding carboxylic acids is 1. The molecule has 1 aliphatic heterocycles. The van der Waals surface area contributed by atoms with E-state index >= 15 is 0 Å². The van der Waals surface area contributed by atoms with E-state index in [9.17, 15) is 13.6 Å². The summed E-state index contributed by atoms with van der Waals surface area (Å²) in [7, 11) is 0. The molecule has 0 bridgehead atoms. The summed E-state index contributed by atoms with van der Waals surface area (Å²) in [6.07, 6.45) is 2.63. The molecule has 5 heteroatoms. The Morgan fingerprint density at radius 2 is 2.21 bits per heavy atom. The fraction of sp³-hybridized carbons (Fsp3) is 0.500. The third kappa shape index (κ3) is 4.08. The van der Waals surface area contributed by atoms with Crippen LogP contribution in [0.25, 0.3) is 0 Å². The van der Waals surface area contributed by atoms with E-state index in [0.717, 1.165) is 38.1 Å². The molecule has 1 saturated heterocycles. The Balaban J connectivity index is 1.72. The average Bonchev–Trinajstić information content (AvgIpc) is 2.91. The van der Waals surface area contributed by atoms with Crippen molar-refractivity contribution in [2.75, 3.05) is 19.7 Å². The molecule has 1 fully saturated rings. The van der Waals surface area contributed by atoms with Gasteiger partial charge in [-0.2, -0.15) is 0 Å². The van der Waals surface area contributed by atoms with Crippen LogP contribution in [0, 0.1) is 11.6 Å². The van der Waals surface area contributed by atoms with Crippen molar-refractivity contribution in [2.45, 2.75) is 25.4 Å². The Labute approximate surface area is 111 Å². The molecule has 1 aromatic carbocycles. The highest BCUT2D eigenvalue weighted by atomic mass is 19.2. The number of hydrogen-bond donors (Lipinski definition) is 1. The van der Waals surface area contributed by atoms with Gasteiger partial charge in [-0.25, -0.2) is 8.78 Å². The predicted octanol–water partition coefficient (Wildman–Crippen LogP) is 2.31. The highest BCUT2D eigenvalue weighted by molar-refractivity contribution is 5.96. The summed E-state index contributed by atoms with van der Waals surface area (Å²) in [5.41, 5.74) is 0.206. The van der Waals surface area contributed by atoms with Crippen molar-refractivity contribution in [1.82, 2.24) is 5.32 Å². The summed E-state index contributed by atoms with van der Waals surface area (Å²) in [6.45, 7) is 2.04. The summed E-state index contributed by atoms with van der Waals surface area (Å²) in [4.78, 5) is 11.7. The first-order valence-electron chi connectivity index (χ1n) is 6.47. The number of rotatable bonds is 6. The molecule has 0 spiro atoms. The summed E-state index contributed by atoms with van der Waals surface area (Å²) in [5.74, 6) is -2.12. The van der Waals surface area contributed by atoms with Gasteiger partial charge in [0.1, 0.15) is 0 Å². The van der Waals surface area contributed by atoms with Crippen LogP contribution in [0.3, 0.4) is 0 Å². The SMILES string of the molecule is O=C(CCNCC1CCCO1)c1ccc(F)c(F)c1. The average molecular weight is 269 g/mol. The van der Waals surface area contributed by atoms with Gasteiger partial charge in [-0.15, -0.1) is 0 Å². The smallest absolute Gasteiger partial charge is 0.164 e. The largest absolute Gasteiger partial charge is 0.377 e. The van der Waals surface area contributed by atoms with Gasteiger partial charge >= 0.3 is 0 Å². The van der Waals surface area contributed by atoms with Gasteiger partial charge in [0.15, 0.2) is 17.4 Å². The van der Waals surface area contributed by atoms with E-state index in [-0.39, 0.29) is 23.9 Å². The minimum atomic E-state index is -0.988. The van der Waals surface area contributed by atoms with Gasteiger partial charge in [0, 0.05) is 31.7 Å². The molecule has 1 atom stereocenters. The minimum Gasteiger partial charge on any atom is -0.377 e. The predicted molar refractivity (Wildman–Crippen MR) is 67.1 cm³/mol. The number of Topliss-reactive ketones (excluding diaryl/α,β-unsaturated/α-hetero) is 1. The monoisotopic (exact) mass is 269 g/mol. The van der Waals surface area contributed by atoms with Crippen LogP contribution in [-0.4, -0.2) is 31.6 Å². The number of ether oxygens (including phenoxy) is 1. The zero-order valence-corrected chi connectivity index (χ0v) is 10.6. The third-order valence-corrected chi connectivity index (χ3v) is 3.17. The number of hydrogen-bond acceptors (Lipinski definition) is 3. The maximum atomic E-state index is 13.0. The van der Waals surface area contributed by atoms with Crippen LogP contribution >= 0.6 is 0 Å². The number of nitrogens with one attached hydrogen (secondary N) is 1. The molecule has 104 valence electrons. The van der Waals surface area contributed by atoms with Crippen LogP contribution in [0.2, 0.25) is 0 Å². The van der Waals surface area contributed by atoms with Crippen LogP contribution in [0.4, 0.5) is 8.78 Å². The van der Waals surface area contributed by atoms with Gasteiger partial charge in [0.05, 0.1) is 6.10 Å². The second-order valence-corrected chi connectivity index (χ2v) is 4.64. The van der Waals surface area contributed by atoms with E-state index in [1.165, 1.54) is 6.07 Å². The first kappa shape index (κ1) is 14.1. The lowest BCUT2D eigenvalue weighted by molar-refractivity contribution is 0.0967. The second-order valence-electron chi connectivity index (χ2n) is 4.64. The Hall–Kier alpha value is -1.33. The Bertz CT molecular complexity index is 445. The maximum Gasteiger partial charge on any atom is 0.164 e. The molecule has 0 radical (unpaired) electrons. The van der Waals surface area contributed by atoms with E-state index in [2.05, 4.69) is 5.32 Å². The van der Waals surface area contributed by atoms with Crippen molar-refractivity contribution in [3.8, 4) is 0 Å². The molecule has 0 aromatic heterocycles. The van der Waals surface area contributed by atoms with Crippen molar-refractivity contribution < 1.29 is 18.3 Å². The van der Waals surface area contributed by atoms with E-state index in [1.807, 2.05) is 0 Å². The van der Waals surface area contributed by atoms with Crippen LogP contribution in [0.1, 0.15) is 29.6 Å². The van der Waals surface area contributed by atoms with Gasteiger partial charge in [-0.1, -0.05) is 0 Å².